The third kappa shape index (κ3) is 2.87. The van der Waals surface area contributed by atoms with E-state index < -0.39 is 0 Å². The van der Waals surface area contributed by atoms with Crippen molar-refractivity contribution in [3.63, 3.8) is 0 Å². The van der Waals surface area contributed by atoms with Crippen LogP contribution in [-0.4, -0.2) is 31.2 Å². The summed E-state index contributed by atoms with van der Waals surface area (Å²) in [7, 11) is 0. The molecule has 2 heterocycles. The molecule has 0 aliphatic carbocycles. The van der Waals surface area contributed by atoms with E-state index in [9.17, 15) is 4.39 Å². The molecule has 23 heavy (non-hydrogen) atoms. The van der Waals surface area contributed by atoms with Gasteiger partial charge in [0.25, 0.3) is 0 Å². The Morgan fingerprint density at radius 1 is 1.00 bits per heavy atom. The summed E-state index contributed by atoms with van der Waals surface area (Å²) in [5.74, 6) is 1.56. The fourth-order valence-corrected chi connectivity index (χ4v) is 3.18. The van der Waals surface area contributed by atoms with Gasteiger partial charge in [-0.1, -0.05) is 30.3 Å². The van der Waals surface area contributed by atoms with Gasteiger partial charge in [-0.3, -0.25) is 4.90 Å². The van der Waals surface area contributed by atoms with E-state index >= 15 is 0 Å². The number of ether oxygens (including phenoxy) is 2. The van der Waals surface area contributed by atoms with Gasteiger partial charge in [-0.25, -0.2) is 4.39 Å². The van der Waals surface area contributed by atoms with Crippen LogP contribution >= 0.6 is 0 Å². The van der Waals surface area contributed by atoms with Gasteiger partial charge in [-0.05, 0) is 29.8 Å². The molecule has 2 aliphatic heterocycles. The lowest BCUT2D eigenvalue weighted by Gasteiger charge is -2.32. The van der Waals surface area contributed by atoms with Gasteiger partial charge >= 0.3 is 0 Å². The quantitative estimate of drug-likeness (QED) is 0.845. The van der Waals surface area contributed by atoms with Crippen LogP contribution in [0.2, 0.25) is 0 Å². The van der Waals surface area contributed by atoms with Crippen molar-refractivity contribution in [3.8, 4) is 5.75 Å². The molecular formula is C19H18FNO2. The molecule has 0 aromatic heterocycles. The van der Waals surface area contributed by atoms with Gasteiger partial charge in [-0.15, -0.1) is 0 Å². The van der Waals surface area contributed by atoms with Gasteiger partial charge in [-0.2, -0.15) is 0 Å². The minimum Gasteiger partial charge on any atom is -0.459 e. The first-order valence-corrected chi connectivity index (χ1v) is 7.87. The van der Waals surface area contributed by atoms with Gasteiger partial charge in [0, 0.05) is 18.7 Å². The minimum absolute atomic E-state index is 0.0974. The van der Waals surface area contributed by atoms with Crippen LogP contribution in [0, 0.1) is 5.82 Å². The van der Waals surface area contributed by atoms with Gasteiger partial charge in [0.05, 0.1) is 19.3 Å². The van der Waals surface area contributed by atoms with E-state index in [0.717, 1.165) is 43.4 Å². The van der Waals surface area contributed by atoms with Gasteiger partial charge < -0.3 is 9.47 Å². The minimum atomic E-state index is -0.229. The molecule has 0 N–H and O–H groups in total. The van der Waals surface area contributed by atoms with Gasteiger partial charge in [0.2, 0.25) is 0 Å². The Morgan fingerprint density at radius 2 is 1.74 bits per heavy atom. The SMILES string of the molecule is Fc1ccc(/C=C2\Oc3ccccc3C2N2CCOCC2)cc1. The molecule has 1 fully saturated rings. The Labute approximate surface area is 134 Å². The molecule has 2 aromatic rings. The number of halogens is 1. The first-order chi connectivity index (χ1) is 11.3. The standard InChI is InChI=1S/C19H18FNO2/c20-15-7-5-14(6-8-15)13-18-19(21-9-11-22-12-10-21)16-3-1-2-4-17(16)23-18/h1-8,13,19H,9-12H2/b18-13-. The number of hydrogen-bond donors (Lipinski definition) is 0. The molecule has 0 radical (unpaired) electrons. The van der Waals surface area contributed by atoms with Crippen LogP contribution in [0.3, 0.4) is 0 Å². The molecular weight excluding hydrogens is 293 g/mol. The van der Waals surface area contributed by atoms with Crippen LogP contribution in [0.25, 0.3) is 6.08 Å². The summed E-state index contributed by atoms with van der Waals surface area (Å²) < 4.78 is 24.7. The highest BCUT2D eigenvalue weighted by Gasteiger charge is 2.34. The zero-order valence-electron chi connectivity index (χ0n) is 12.7. The maximum atomic E-state index is 13.1. The largest absolute Gasteiger partial charge is 0.459 e. The van der Waals surface area contributed by atoms with E-state index in [1.807, 2.05) is 24.3 Å². The predicted octanol–water partition coefficient (Wildman–Crippen LogP) is 3.63. The Hall–Kier alpha value is -2.17. The second-order valence-corrected chi connectivity index (χ2v) is 5.79. The summed E-state index contributed by atoms with van der Waals surface area (Å²) in [4.78, 5) is 2.38. The van der Waals surface area contributed by atoms with Gasteiger partial charge in [0.15, 0.2) is 0 Å². The number of nitrogens with zero attached hydrogens (tertiary/aromatic N) is 1. The maximum absolute atomic E-state index is 13.1. The average Bonchev–Trinajstić information content (AvgIpc) is 2.95. The van der Waals surface area contributed by atoms with Gasteiger partial charge in [0.1, 0.15) is 17.3 Å². The molecule has 1 atom stereocenters. The number of morpholine rings is 1. The number of benzene rings is 2. The smallest absolute Gasteiger partial charge is 0.132 e. The van der Waals surface area contributed by atoms with Crippen LogP contribution < -0.4 is 4.74 Å². The van der Waals surface area contributed by atoms with E-state index in [4.69, 9.17) is 9.47 Å². The third-order valence-corrected chi connectivity index (χ3v) is 4.30. The highest BCUT2D eigenvalue weighted by Crippen LogP contribution is 2.43. The molecule has 2 aromatic carbocycles. The van der Waals surface area contributed by atoms with Crippen molar-refractivity contribution < 1.29 is 13.9 Å². The Kier molecular flexibility index (Phi) is 3.85. The zero-order valence-corrected chi connectivity index (χ0v) is 12.7. The van der Waals surface area contributed by atoms with Crippen molar-refractivity contribution >= 4 is 6.08 Å². The number of fused-ring (bicyclic) bond motifs is 1. The third-order valence-electron chi connectivity index (χ3n) is 4.30. The predicted molar refractivity (Wildman–Crippen MR) is 86.6 cm³/mol. The second kappa shape index (κ2) is 6.14. The first-order valence-electron chi connectivity index (χ1n) is 7.87. The summed E-state index contributed by atoms with van der Waals surface area (Å²) in [6, 6.07) is 14.7. The van der Waals surface area contributed by atoms with E-state index in [2.05, 4.69) is 11.0 Å². The molecule has 0 bridgehead atoms. The molecule has 118 valence electrons. The monoisotopic (exact) mass is 311 g/mol. The van der Waals surface area contributed by atoms with Crippen LogP contribution in [-0.2, 0) is 4.74 Å². The summed E-state index contributed by atoms with van der Waals surface area (Å²) in [5.41, 5.74) is 2.12. The summed E-state index contributed by atoms with van der Waals surface area (Å²) in [6.45, 7) is 3.23. The maximum Gasteiger partial charge on any atom is 0.132 e. The number of rotatable bonds is 2. The Balaban J connectivity index is 1.71. The van der Waals surface area contributed by atoms with E-state index in [-0.39, 0.29) is 11.9 Å². The first kappa shape index (κ1) is 14.4. The molecule has 0 saturated carbocycles. The Morgan fingerprint density at radius 3 is 2.52 bits per heavy atom. The van der Waals surface area contributed by atoms with Crippen molar-refractivity contribution in [2.45, 2.75) is 6.04 Å². The average molecular weight is 311 g/mol. The van der Waals surface area contributed by atoms with Crippen molar-refractivity contribution in [1.29, 1.82) is 0 Å². The molecule has 1 unspecified atom stereocenters. The molecule has 1 saturated heterocycles. The lowest BCUT2D eigenvalue weighted by molar-refractivity contribution is 0.0211. The van der Waals surface area contributed by atoms with Crippen molar-refractivity contribution in [2.24, 2.45) is 0 Å². The van der Waals surface area contributed by atoms with E-state index in [1.54, 1.807) is 12.1 Å². The van der Waals surface area contributed by atoms with Crippen LogP contribution in [0.15, 0.2) is 54.3 Å². The number of para-hydroxylation sites is 1. The van der Waals surface area contributed by atoms with Crippen molar-refractivity contribution in [2.75, 3.05) is 26.3 Å². The van der Waals surface area contributed by atoms with Crippen LogP contribution in [0.4, 0.5) is 4.39 Å². The molecule has 3 nitrogen and oxygen atoms in total. The fraction of sp³-hybridized carbons (Fsp3) is 0.263. The molecule has 0 amide bonds. The van der Waals surface area contributed by atoms with E-state index in [0.29, 0.717) is 0 Å². The fourth-order valence-electron chi connectivity index (χ4n) is 3.18. The van der Waals surface area contributed by atoms with Crippen molar-refractivity contribution in [3.05, 3.63) is 71.2 Å². The van der Waals surface area contributed by atoms with Crippen molar-refractivity contribution in [1.82, 2.24) is 4.90 Å². The topological polar surface area (TPSA) is 21.7 Å². The summed E-state index contributed by atoms with van der Waals surface area (Å²) in [6.07, 6.45) is 2.00. The van der Waals surface area contributed by atoms with Crippen LogP contribution in [0.1, 0.15) is 17.2 Å². The molecule has 4 heteroatoms. The zero-order chi connectivity index (χ0) is 15.6. The highest BCUT2D eigenvalue weighted by molar-refractivity contribution is 5.58. The Bertz CT molecular complexity index is 720. The lowest BCUT2D eigenvalue weighted by Crippen LogP contribution is -2.39. The lowest BCUT2D eigenvalue weighted by atomic mass is 10.0. The normalized spacial score (nSPS) is 22.8. The highest BCUT2D eigenvalue weighted by atomic mass is 19.1. The summed E-state index contributed by atoms with van der Waals surface area (Å²) >= 11 is 0. The van der Waals surface area contributed by atoms with E-state index in [1.165, 1.54) is 17.7 Å². The summed E-state index contributed by atoms with van der Waals surface area (Å²) in [5, 5.41) is 0. The second-order valence-electron chi connectivity index (χ2n) is 5.79. The molecule has 0 spiro atoms. The molecule has 2 aliphatic rings. The van der Waals surface area contributed by atoms with Crippen LogP contribution in [0.5, 0.6) is 5.75 Å². The molecule has 4 rings (SSSR count). The number of hydrogen-bond acceptors (Lipinski definition) is 3.